The predicted octanol–water partition coefficient (Wildman–Crippen LogP) is 3.56. The second-order valence-corrected chi connectivity index (χ2v) is 4.61. The average molecular weight is 229 g/mol. The van der Waals surface area contributed by atoms with E-state index >= 15 is 0 Å². The molecule has 2 nitrogen and oxygen atoms in total. The van der Waals surface area contributed by atoms with Crippen molar-refractivity contribution in [1.82, 2.24) is 4.90 Å². The van der Waals surface area contributed by atoms with Gasteiger partial charge >= 0.3 is 0 Å². The Balaban J connectivity index is 0.00000106. The molecule has 1 aliphatic heterocycles. The molecule has 1 saturated heterocycles. The average Bonchev–Trinajstić information content (AvgIpc) is 2.32. The summed E-state index contributed by atoms with van der Waals surface area (Å²) < 4.78 is 5.56. The van der Waals surface area contributed by atoms with Crippen LogP contribution >= 0.6 is 0 Å². The molecule has 2 heteroatoms. The minimum absolute atomic E-state index is 0.378. The molecule has 0 aromatic carbocycles. The molecule has 0 unspecified atom stereocenters. The van der Waals surface area contributed by atoms with E-state index in [1.165, 1.54) is 32.4 Å². The third kappa shape index (κ3) is 7.24. The molecule has 0 saturated carbocycles. The second-order valence-electron chi connectivity index (χ2n) is 4.61. The molecular formula is C14H31NO. The van der Waals surface area contributed by atoms with Gasteiger partial charge in [-0.2, -0.15) is 0 Å². The van der Waals surface area contributed by atoms with Crippen molar-refractivity contribution in [2.45, 2.75) is 60.0 Å². The number of hydrogen-bond donors (Lipinski definition) is 0. The van der Waals surface area contributed by atoms with Crippen LogP contribution in [0.3, 0.4) is 0 Å². The molecule has 0 aromatic heterocycles. The quantitative estimate of drug-likeness (QED) is 0.715. The molecule has 0 aliphatic carbocycles. The smallest absolute Gasteiger partial charge is 0.0596 e. The Morgan fingerprint density at radius 1 is 1.19 bits per heavy atom. The van der Waals surface area contributed by atoms with Gasteiger partial charge in [0.25, 0.3) is 0 Å². The van der Waals surface area contributed by atoms with Gasteiger partial charge in [0.05, 0.1) is 12.7 Å². The number of hydrogen-bond acceptors (Lipinski definition) is 2. The molecule has 0 N–H and O–H groups in total. The Bertz CT molecular complexity index is 140. The van der Waals surface area contributed by atoms with E-state index in [-0.39, 0.29) is 0 Å². The van der Waals surface area contributed by atoms with Gasteiger partial charge in [-0.1, -0.05) is 27.2 Å². The fraction of sp³-hybridized carbons (Fsp3) is 1.00. The molecule has 0 spiro atoms. The third-order valence-electron chi connectivity index (χ3n) is 3.14. The molecule has 0 amide bonds. The second kappa shape index (κ2) is 10.1. The molecule has 0 bridgehead atoms. The summed E-state index contributed by atoms with van der Waals surface area (Å²) in [6.07, 6.45) is 4.51. The summed E-state index contributed by atoms with van der Waals surface area (Å²) in [5, 5.41) is 0. The summed E-state index contributed by atoms with van der Waals surface area (Å²) in [7, 11) is 0. The van der Waals surface area contributed by atoms with Crippen LogP contribution in [0.2, 0.25) is 0 Å². The van der Waals surface area contributed by atoms with Crippen LogP contribution in [-0.2, 0) is 4.74 Å². The summed E-state index contributed by atoms with van der Waals surface area (Å²) in [6.45, 7) is 15.1. The van der Waals surface area contributed by atoms with Crippen molar-refractivity contribution >= 4 is 0 Å². The largest absolute Gasteiger partial charge is 0.377 e. The molecule has 98 valence electrons. The summed E-state index contributed by atoms with van der Waals surface area (Å²) in [4.78, 5) is 2.54. The topological polar surface area (TPSA) is 12.5 Å². The molecule has 0 radical (unpaired) electrons. The highest BCUT2D eigenvalue weighted by Crippen LogP contribution is 2.19. The monoisotopic (exact) mass is 229 g/mol. The van der Waals surface area contributed by atoms with Crippen molar-refractivity contribution in [2.75, 3.05) is 26.2 Å². The Hall–Kier alpha value is -0.0800. The van der Waals surface area contributed by atoms with Crippen LogP contribution in [-0.4, -0.2) is 37.2 Å². The van der Waals surface area contributed by atoms with Crippen molar-refractivity contribution in [3.8, 4) is 0 Å². The molecule has 1 rings (SSSR count). The van der Waals surface area contributed by atoms with E-state index in [9.17, 15) is 0 Å². The standard InChI is InChI=1S/C12H25NO.C2H6/c1-4-12-5-7-13(8-6-12)9-10-14-11(2)3;1-2/h11-12H,4-10H2,1-3H3;1-2H3. The Kier molecular flexibility index (Phi) is 10.0. The highest BCUT2D eigenvalue weighted by atomic mass is 16.5. The van der Waals surface area contributed by atoms with Gasteiger partial charge in [-0.05, 0) is 45.7 Å². The van der Waals surface area contributed by atoms with Crippen molar-refractivity contribution in [3.05, 3.63) is 0 Å². The highest BCUT2D eigenvalue weighted by molar-refractivity contribution is 4.70. The van der Waals surface area contributed by atoms with Gasteiger partial charge in [0.1, 0.15) is 0 Å². The fourth-order valence-corrected chi connectivity index (χ4v) is 2.04. The predicted molar refractivity (Wildman–Crippen MR) is 71.9 cm³/mol. The zero-order valence-corrected chi connectivity index (χ0v) is 12.0. The summed E-state index contributed by atoms with van der Waals surface area (Å²) >= 11 is 0. The normalized spacial score (nSPS) is 18.4. The third-order valence-corrected chi connectivity index (χ3v) is 3.14. The van der Waals surface area contributed by atoms with Gasteiger partial charge < -0.3 is 9.64 Å². The fourth-order valence-electron chi connectivity index (χ4n) is 2.04. The Morgan fingerprint density at radius 3 is 2.19 bits per heavy atom. The highest BCUT2D eigenvalue weighted by Gasteiger charge is 2.16. The molecule has 0 aromatic rings. The van der Waals surface area contributed by atoms with Crippen LogP contribution in [0.4, 0.5) is 0 Å². The summed E-state index contributed by atoms with van der Waals surface area (Å²) in [6, 6.07) is 0. The van der Waals surface area contributed by atoms with Crippen molar-refractivity contribution in [2.24, 2.45) is 5.92 Å². The van der Waals surface area contributed by atoms with E-state index in [4.69, 9.17) is 4.74 Å². The van der Waals surface area contributed by atoms with Gasteiger partial charge in [-0.25, -0.2) is 0 Å². The van der Waals surface area contributed by atoms with Crippen LogP contribution in [0.5, 0.6) is 0 Å². The van der Waals surface area contributed by atoms with E-state index in [1.54, 1.807) is 0 Å². The van der Waals surface area contributed by atoms with Crippen LogP contribution in [0, 0.1) is 5.92 Å². The van der Waals surface area contributed by atoms with E-state index < -0.39 is 0 Å². The molecule has 0 atom stereocenters. The van der Waals surface area contributed by atoms with Gasteiger partial charge in [0, 0.05) is 6.54 Å². The van der Waals surface area contributed by atoms with Gasteiger partial charge in [0.2, 0.25) is 0 Å². The summed E-state index contributed by atoms with van der Waals surface area (Å²) in [5.74, 6) is 0.984. The maximum absolute atomic E-state index is 5.56. The molecular weight excluding hydrogens is 198 g/mol. The first-order valence-electron chi connectivity index (χ1n) is 7.06. The van der Waals surface area contributed by atoms with Crippen LogP contribution in [0.25, 0.3) is 0 Å². The lowest BCUT2D eigenvalue weighted by Crippen LogP contribution is -2.36. The van der Waals surface area contributed by atoms with E-state index in [2.05, 4.69) is 25.7 Å². The number of nitrogens with zero attached hydrogens (tertiary/aromatic N) is 1. The lowest BCUT2D eigenvalue weighted by Gasteiger charge is -2.31. The van der Waals surface area contributed by atoms with Gasteiger partial charge in [-0.15, -0.1) is 0 Å². The maximum Gasteiger partial charge on any atom is 0.0596 e. The maximum atomic E-state index is 5.56. The van der Waals surface area contributed by atoms with E-state index in [0.717, 1.165) is 19.1 Å². The minimum atomic E-state index is 0.378. The first-order chi connectivity index (χ1) is 7.72. The lowest BCUT2D eigenvalue weighted by molar-refractivity contribution is 0.0506. The first kappa shape index (κ1) is 15.9. The SMILES string of the molecule is CC.CCC1CCN(CCOC(C)C)CC1. The van der Waals surface area contributed by atoms with Crippen molar-refractivity contribution < 1.29 is 4.74 Å². The molecule has 16 heavy (non-hydrogen) atoms. The minimum Gasteiger partial charge on any atom is -0.377 e. The van der Waals surface area contributed by atoms with Gasteiger partial charge in [0.15, 0.2) is 0 Å². The zero-order valence-electron chi connectivity index (χ0n) is 12.0. The molecule has 1 aliphatic rings. The molecule has 1 heterocycles. The van der Waals surface area contributed by atoms with E-state index in [1.807, 2.05) is 13.8 Å². The number of likely N-dealkylation sites (tertiary alicyclic amines) is 1. The van der Waals surface area contributed by atoms with Gasteiger partial charge in [-0.3, -0.25) is 0 Å². The number of piperidine rings is 1. The lowest BCUT2D eigenvalue weighted by atomic mass is 9.94. The van der Waals surface area contributed by atoms with Crippen LogP contribution in [0.1, 0.15) is 53.9 Å². The van der Waals surface area contributed by atoms with Crippen molar-refractivity contribution in [3.63, 3.8) is 0 Å². The van der Waals surface area contributed by atoms with Crippen LogP contribution < -0.4 is 0 Å². The zero-order chi connectivity index (χ0) is 12.4. The number of rotatable bonds is 5. The first-order valence-corrected chi connectivity index (χ1v) is 7.06. The number of ether oxygens (including phenoxy) is 1. The molecule has 1 fully saturated rings. The Morgan fingerprint density at radius 2 is 1.75 bits per heavy atom. The van der Waals surface area contributed by atoms with E-state index in [0.29, 0.717) is 6.10 Å². The summed E-state index contributed by atoms with van der Waals surface area (Å²) in [5.41, 5.74) is 0. The Labute approximate surface area is 102 Å². The van der Waals surface area contributed by atoms with Crippen molar-refractivity contribution in [1.29, 1.82) is 0 Å². The van der Waals surface area contributed by atoms with Crippen LogP contribution in [0.15, 0.2) is 0 Å².